The highest BCUT2D eigenvalue weighted by molar-refractivity contribution is 6.44. The van der Waals surface area contributed by atoms with Gasteiger partial charge in [0.25, 0.3) is 5.91 Å². The molecule has 7 heteroatoms. The number of hydrogen-bond acceptors (Lipinski definition) is 2. The van der Waals surface area contributed by atoms with Gasteiger partial charge in [0.1, 0.15) is 0 Å². The number of carbonyl (C=O) groups is 2. The number of halogens is 3. The van der Waals surface area contributed by atoms with Crippen LogP contribution in [0.5, 0.6) is 0 Å². The zero-order chi connectivity index (χ0) is 16.3. The lowest BCUT2D eigenvalue weighted by atomic mass is 10.1. The highest BCUT2D eigenvalue weighted by atomic mass is 35.5. The van der Waals surface area contributed by atoms with Crippen molar-refractivity contribution in [1.29, 1.82) is 0 Å². The molecular weight excluding hydrogens is 347 g/mol. The zero-order valence-electron chi connectivity index (χ0n) is 11.4. The van der Waals surface area contributed by atoms with Gasteiger partial charge in [0, 0.05) is 6.92 Å². The first-order valence-corrected chi connectivity index (χ1v) is 7.34. The van der Waals surface area contributed by atoms with Crippen LogP contribution in [0.25, 0.3) is 0 Å². The SMILES string of the molecule is CC(=O)Nc1ccccc1C(=O)Nc1cc(Cl)c(Cl)cc1Cl. The quantitative estimate of drug-likeness (QED) is 0.771. The van der Waals surface area contributed by atoms with E-state index in [1.54, 1.807) is 24.3 Å². The molecule has 0 aliphatic carbocycles. The lowest BCUT2D eigenvalue weighted by molar-refractivity contribution is -0.114. The van der Waals surface area contributed by atoms with Crippen LogP contribution >= 0.6 is 34.8 Å². The van der Waals surface area contributed by atoms with Crippen molar-refractivity contribution in [1.82, 2.24) is 0 Å². The van der Waals surface area contributed by atoms with E-state index in [0.717, 1.165) is 0 Å². The summed E-state index contributed by atoms with van der Waals surface area (Å²) < 4.78 is 0. The van der Waals surface area contributed by atoms with E-state index in [-0.39, 0.29) is 16.0 Å². The lowest BCUT2D eigenvalue weighted by Gasteiger charge is -2.12. The van der Waals surface area contributed by atoms with Crippen LogP contribution in [-0.2, 0) is 4.79 Å². The van der Waals surface area contributed by atoms with Crippen molar-refractivity contribution in [2.45, 2.75) is 6.92 Å². The number of benzene rings is 2. The minimum atomic E-state index is -0.426. The average molecular weight is 358 g/mol. The minimum absolute atomic E-state index is 0.264. The second-order valence-electron chi connectivity index (χ2n) is 4.43. The maximum absolute atomic E-state index is 12.4. The Kier molecular flexibility index (Phi) is 5.29. The van der Waals surface area contributed by atoms with Gasteiger partial charge in [-0.1, -0.05) is 46.9 Å². The van der Waals surface area contributed by atoms with E-state index < -0.39 is 5.91 Å². The fourth-order valence-corrected chi connectivity index (χ4v) is 2.38. The summed E-state index contributed by atoms with van der Waals surface area (Å²) in [6, 6.07) is 9.54. The molecule has 0 radical (unpaired) electrons. The Bertz CT molecular complexity index is 748. The third kappa shape index (κ3) is 3.91. The van der Waals surface area contributed by atoms with Gasteiger partial charge in [0.15, 0.2) is 0 Å². The van der Waals surface area contributed by atoms with E-state index >= 15 is 0 Å². The minimum Gasteiger partial charge on any atom is -0.326 e. The molecular formula is C15H11Cl3N2O2. The number of hydrogen-bond donors (Lipinski definition) is 2. The molecule has 0 heterocycles. The van der Waals surface area contributed by atoms with Crippen molar-refractivity contribution in [2.24, 2.45) is 0 Å². The standard InChI is InChI=1S/C15H11Cl3N2O2/c1-8(21)19-13-5-3-2-4-9(13)15(22)20-14-7-11(17)10(16)6-12(14)18/h2-7H,1H3,(H,19,21)(H,20,22). The molecule has 0 spiro atoms. The monoisotopic (exact) mass is 356 g/mol. The van der Waals surface area contributed by atoms with Crippen molar-refractivity contribution >= 4 is 58.0 Å². The molecule has 2 aromatic rings. The van der Waals surface area contributed by atoms with Crippen molar-refractivity contribution in [3.05, 3.63) is 57.0 Å². The third-order valence-corrected chi connectivity index (χ3v) is 3.78. The summed E-state index contributed by atoms with van der Waals surface area (Å²) in [5.74, 6) is -0.697. The summed E-state index contributed by atoms with van der Waals surface area (Å²) in [4.78, 5) is 23.6. The van der Waals surface area contributed by atoms with Gasteiger partial charge in [-0.25, -0.2) is 0 Å². The third-order valence-electron chi connectivity index (χ3n) is 2.74. The first kappa shape index (κ1) is 16.6. The van der Waals surface area contributed by atoms with Crippen LogP contribution in [-0.4, -0.2) is 11.8 Å². The van der Waals surface area contributed by atoms with Gasteiger partial charge in [0.2, 0.25) is 5.91 Å². The number of nitrogens with one attached hydrogen (secondary N) is 2. The maximum Gasteiger partial charge on any atom is 0.257 e. The predicted molar refractivity (Wildman–Crippen MR) is 90.2 cm³/mol. The number of carbonyl (C=O) groups excluding carboxylic acids is 2. The number of amides is 2. The normalized spacial score (nSPS) is 10.2. The van der Waals surface area contributed by atoms with Crippen LogP contribution in [0.1, 0.15) is 17.3 Å². The van der Waals surface area contributed by atoms with Gasteiger partial charge >= 0.3 is 0 Å². The number of para-hydroxylation sites is 1. The van der Waals surface area contributed by atoms with Crippen LogP contribution in [0, 0.1) is 0 Å². The Balaban J connectivity index is 2.30. The second kappa shape index (κ2) is 7.01. The van der Waals surface area contributed by atoms with Crippen molar-refractivity contribution in [3.63, 3.8) is 0 Å². The Morgan fingerprint density at radius 2 is 1.50 bits per heavy atom. The van der Waals surface area contributed by atoms with Crippen LogP contribution in [0.2, 0.25) is 15.1 Å². The summed E-state index contributed by atoms with van der Waals surface area (Å²) in [5.41, 5.74) is 1.04. The summed E-state index contributed by atoms with van der Waals surface area (Å²) in [5, 5.41) is 6.07. The Hall–Kier alpha value is -1.75. The van der Waals surface area contributed by atoms with Crippen LogP contribution in [0.15, 0.2) is 36.4 Å². The zero-order valence-corrected chi connectivity index (χ0v) is 13.7. The molecule has 0 fully saturated rings. The topological polar surface area (TPSA) is 58.2 Å². The van der Waals surface area contributed by atoms with Gasteiger partial charge in [-0.2, -0.15) is 0 Å². The Labute approximate surface area is 142 Å². The highest BCUT2D eigenvalue weighted by Gasteiger charge is 2.14. The number of rotatable bonds is 3. The van der Waals surface area contributed by atoms with Crippen LogP contribution in [0.4, 0.5) is 11.4 Å². The Morgan fingerprint density at radius 3 is 2.18 bits per heavy atom. The number of anilines is 2. The van der Waals surface area contributed by atoms with Gasteiger partial charge in [-0.15, -0.1) is 0 Å². The Morgan fingerprint density at radius 1 is 0.864 bits per heavy atom. The van der Waals surface area contributed by atoms with Gasteiger partial charge < -0.3 is 10.6 Å². The van der Waals surface area contributed by atoms with Crippen LogP contribution in [0.3, 0.4) is 0 Å². The van der Waals surface area contributed by atoms with E-state index in [9.17, 15) is 9.59 Å². The summed E-state index contributed by atoms with van der Waals surface area (Å²) in [6.07, 6.45) is 0. The molecule has 0 atom stereocenters. The molecule has 0 unspecified atom stereocenters. The molecule has 2 aromatic carbocycles. The van der Waals surface area contributed by atoms with Gasteiger partial charge in [0.05, 0.1) is 32.0 Å². The highest BCUT2D eigenvalue weighted by Crippen LogP contribution is 2.32. The summed E-state index contributed by atoms with van der Waals surface area (Å²) >= 11 is 17.8. The van der Waals surface area contributed by atoms with E-state index in [1.807, 2.05) is 0 Å². The average Bonchev–Trinajstić information content (AvgIpc) is 2.44. The summed E-state index contributed by atoms with van der Waals surface area (Å²) in [6.45, 7) is 1.37. The lowest BCUT2D eigenvalue weighted by Crippen LogP contribution is -2.16. The smallest absolute Gasteiger partial charge is 0.257 e. The molecule has 0 aliphatic heterocycles. The molecule has 22 heavy (non-hydrogen) atoms. The first-order valence-electron chi connectivity index (χ1n) is 6.21. The second-order valence-corrected chi connectivity index (χ2v) is 5.65. The molecule has 0 bridgehead atoms. The predicted octanol–water partition coefficient (Wildman–Crippen LogP) is 4.86. The molecule has 2 rings (SSSR count). The molecule has 114 valence electrons. The molecule has 0 saturated carbocycles. The fourth-order valence-electron chi connectivity index (χ4n) is 1.79. The van der Waals surface area contributed by atoms with Crippen molar-refractivity contribution in [2.75, 3.05) is 10.6 Å². The largest absolute Gasteiger partial charge is 0.326 e. The molecule has 2 N–H and O–H groups in total. The van der Waals surface area contributed by atoms with Crippen LogP contribution < -0.4 is 10.6 Å². The molecule has 0 aliphatic rings. The first-order chi connectivity index (χ1) is 10.4. The van der Waals surface area contributed by atoms with E-state index in [1.165, 1.54) is 19.1 Å². The van der Waals surface area contributed by atoms with Crippen molar-refractivity contribution < 1.29 is 9.59 Å². The van der Waals surface area contributed by atoms with Gasteiger partial charge in [-0.05, 0) is 24.3 Å². The van der Waals surface area contributed by atoms with E-state index in [2.05, 4.69) is 10.6 Å². The van der Waals surface area contributed by atoms with E-state index in [0.29, 0.717) is 22.0 Å². The molecule has 0 aromatic heterocycles. The van der Waals surface area contributed by atoms with Gasteiger partial charge in [-0.3, -0.25) is 9.59 Å². The molecule has 0 saturated heterocycles. The van der Waals surface area contributed by atoms with E-state index in [4.69, 9.17) is 34.8 Å². The fraction of sp³-hybridized carbons (Fsp3) is 0.0667. The molecule has 4 nitrogen and oxygen atoms in total. The maximum atomic E-state index is 12.4. The summed E-state index contributed by atoms with van der Waals surface area (Å²) in [7, 11) is 0. The van der Waals surface area contributed by atoms with Crippen molar-refractivity contribution in [3.8, 4) is 0 Å². The molecule has 2 amide bonds.